The first-order valence-electron chi connectivity index (χ1n) is 5.75. The second kappa shape index (κ2) is 5.59. The van der Waals surface area contributed by atoms with Crippen LogP contribution in [0.15, 0.2) is 0 Å². The largest absolute Gasteiger partial charge is 0.392 e. The predicted octanol–water partition coefficient (Wildman–Crippen LogP) is 0.938. The third-order valence-electron chi connectivity index (χ3n) is 3.39. The molecular weight excluding hydrogens is 224 g/mol. The van der Waals surface area contributed by atoms with Crippen molar-refractivity contribution in [1.29, 1.82) is 0 Å². The molecule has 0 aromatic heterocycles. The SMILES string of the molecule is CCC(CC)(C(=O)N1CCOCC1)C(N)=S. The highest BCUT2D eigenvalue weighted by molar-refractivity contribution is 7.80. The topological polar surface area (TPSA) is 55.6 Å². The minimum absolute atomic E-state index is 0.0632. The Morgan fingerprint density at radius 1 is 1.38 bits per heavy atom. The van der Waals surface area contributed by atoms with Gasteiger partial charge in [-0.3, -0.25) is 4.79 Å². The number of hydrogen-bond donors (Lipinski definition) is 1. The lowest BCUT2D eigenvalue weighted by atomic mass is 9.80. The molecule has 0 saturated carbocycles. The smallest absolute Gasteiger partial charge is 0.235 e. The van der Waals surface area contributed by atoms with Crippen LogP contribution in [0.25, 0.3) is 0 Å². The summed E-state index contributed by atoms with van der Waals surface area (Å²) in [6, 6.07) is 0. The molecule has 0 aromatic carbocycles. The van der Waals surface area contributed by atoms with Gasteiger partial charge in [-0.1, -0.05) is 26.1 Å². The van der Waals surface area contributed by atoms with Crippen LogP contribution in [0.5, 0.6) is 0 Å². The number of thiocarbonyl (C=S) groups is 1. The van der Waals surface area contributed by atoms with Crippen LogP contribution in [0.2, 0.25) is 0 Å². The highest BCUT2D eigenvalue weighted by Gasteiger charge is 2.41. The predicted molar refractivity (Wildman–Crippen MR) is 67.2 cm³/mol. The molecule has 16 heavy (non-hydrogen) atoms. The van der Waals surface area contributed by atoms with E-state index in [0.29, 0.717) is 44.1 Å². The molecule has 5 heteroatoms. The van der Waals surface area contributed by atoms with E-state index in [1.54, 1.807) is 0 Å². The number of carbonyl (C=O) groups is 1. The molecule has 0 aromatic rings. The van der Waals surface area contributed by atoms with Gasteiger partial charge in [0, 0.05) is 13.1 Å². The molecule has 0 bridgehead atoms. The van der Waals surface area contributed by atoms with Gasteiger partial charge in [0.05, 0.1) is 23.6 Å². The van der Waals surface area contributed by atoms with Crippen molar-refractivity contribution < 1.29 is 9.53 Å². The second-order valence-corrected chi connectivity index (χ2v) is 4.50. The van der Waals surface area contributed by atoms with Crippen LogP contribution in [0.4, 0.5) is 0 Å². The van der Waals surface area contributed by atoms with Crippen molar-refractivity contribution in [2.75, 3.05) is 26.3 Å². The monoisotopic (exact) mass is 244 g/mol. The normalized spacial score (nSPS) is 17.2. The van der Waals surface area contributed by atoms with Crippen LogP contribution >= 0.6 is 12.2 Å². The summed E-state index contributed by atoms with van der Waals surface area (Å²) in [6.07, 6.45) is 1.32. The third-order valence-corrected chi connectivity index (χ3v) is 3.78. The number of amides is 1. The summed E-state index contributed by atoms with van der Waals surface area (Å²) in [5.74, 6) is 0.0632. The van der Waals surface area contributed by atoms with Crippen LogP contribution in [-0.2, 0) is 9.53 Å². The number of nitrogens with two attached hydrogens (primary N) is 1. The van der Waals surface area contributed by atoms with E-state index in [-0.39, 0.29) is 5.91 Å². The van der Waals surface area contributed by atoms with E-state index in [4.69, 9.17) is 22.7 Å². The lowest BCUT2D eigenvalue weighted by molar-refractivity contribution is -0.142. The van der Waals surface area contributed by atoms with Crippen LogP contribution in [0.1, 0.15) is 26.7 Å². The molecule has 0 radical (unpaired) electrons. The number of rotatable bonds is 4. The molecule has 4 nitrogen and oxygen atoms in total. The number of ether oxygens (including phenoxy) is 1. The van der Waals surface area contributed by atoms with Crippen molar-refractivity contribution in [3.05, 3.63) is 0 Å². The van der Waals surface area contributed by atoms with E-state index in [1.807, 2.05) is 18.7 Å². The van der Waals surface area contributed by atoms with Crippen LogP contribution in [0.3, 0.4) is 0 Å². The zero-order valence-corrected chi connectivity index (χ0v) is 10.8. The number of nitrogens with zero attached hydrogens (tertiary/aromatic N) is 1. The molecule has 0 spiro atoms. The Hall–Kier alpha value is -0.680. The molecule has 1 heterocycles. The minimum atomic E-state index is -0.660. The summed E-state index contributed by atoms with van der Waals surface area (Å²) in [5, 5.41) is 0. The second-order valence-electron chi connectivity index (χ2n) is 4.06. The Labute approximate surface area is 102 Å². The lowest BCUT2D eigenvalue weighted by Gasteiger charge is -2.37. The fourth-order valence-electron chi connectivity index (χ4n) is 2.08. The van der Waals surface area contributed by atoms with E-state index in [9.17, 15) is 4.79 Å². The van der Waals surface area contributed by atoms with Gasteiger partial charge in [0.1, 0.15) is 0 Å². The first-order valence-corrected chi connectivity index (χ1v) is 6.16. The number of hydrogen-bond acceptors (Lipinski definition) is 3. The maximum Gasteiger partial charge on any atom is 0.235 e. The Morgan fingerprint density at radius 3 is 2.25 bits per heavy atom. The summed E-state index contributed by atoms with van der Waals surface area (Å²) in [5.41, 5.74) is 5.09. The van der Waals surface area contributed by atoms with Crippen LogP contribution in [0, 0.1) is 5.41 Å². The van der Waals surface area contributed by atoms with E-state index in [1.165, 1.54) is 0 Å². The number of morpholine rings is 1. The maximum absolute atomic E-state index is 12.4. The van der Waals surface area contributed by atoms with Gasteiger partial charge in [0.25, 0.3) is 0 Å². The van der Waals surface area contributed by atoms with E-state index in [2.05, 4.69) is 0 Å². The Bertz CT molecular complexity index is 271. The van der Waals surface area contributed by atoms with Crippen LogP contribution in [-0.4, -0.2) is 42.1 Å². The van der Waals surface area contributed by atoms with Gasteiger partial charge in [0.15, 0.2) is 0 Å². The molecule has 0 aliphatic carbocycles. The van der Waals surface area contributed by atoms with E-state index >= 15 is 0 Å². The molecule has 0 atom stereocenters. The van der Waals surface area contributed by atoms with Crippen molar-refractivity contribution >= 4 is 23.1 Å². The zero-order chi connectivity index (χ0) is 12.2. The quantitative estimate of drug-likeness (QED) is 0.748. The average Bonchev–Trinajstić information content (AvgIpc) is 2.32. The van der Waals surface area contributed by atoms with Crippen molar-refractivity contribution in [1.82, 2.24) is 4.90 Å². The van der Waals surface area contributed by atoms with Crippen molar-refractivity contribution in [2.45, 2.75) is 26.7 Å². The fourth-order valence-corrected chi connectivity index (χ4v) is 2.45. The van der Waals surface area contributed by atoms with Crippen molar-refractivity contribution in [3.63, 3.8) is 0 Å². The average molecular weight is 244 g/mol. The summed E-state index contributed by atoms with van der Waals surface area (Å²) in [6.45, 7) is 6.41. The molecule has 1 rings (SSSR count). The maximum atomic E-state index is 12.4. The van der Waals surface area contributed by atoms with Gasteiger partial charge in [-0.15, -0.1) is 0 Å². The summed E-state index contributed by atoms with van der Waals surface area (Å²) in [7, 11) is 0. The molecule has 1 amide bonds. The van der Waals surface area contributed by atoms with Gasteiger partial charge in [-0.05, 0) is 12.8 Å². The van der Waals surface area contributed by atoms with Gasteiger partial charge in [-0.25, -0.2) is 0 Å². The molecule has 2 N–H and O–H groups in total. The highest BCUT2D eigenvalue weighted by Crippen LogP contribution is 2.29. The molecule has 1 saturated heterocycles. The molecule has 1 aliphatic heterocycles. The van der Waals surface area contributed by atoms with Crippen molar-refractivity contribution in [2.24, 2.45) is 11.1 Å². The van der Waals surface area contributed by atoms with Gasteiger partial charge in [-0.2, -0.15) is 0 Å². The minimum Gasteiger partial charge on any atom is -0.392 e. The zero-order valence-electron chi connectivity index (χ0n) is 9.99. The number of carbonyl (C=O) groups excluding carboxylic acids is 1. The van der Waals surface area contributed by atoms with Crippen LogP contribution < -0.4 is 5.73 Å². The molecule has 1 aliphatic rings. The van der Waals surface area contributed by atoms with E-state index < -0.39 is 5.41 Å². The Kier molecular flexibility index (Phi) is 4.68. The van der Waals surface area contributed by atoms with E-state index in [0.717, 1.165) is 0 Å². The highest BCUT2D eigenvalue weighted by atomic mass is 32.1. The summed E-state index contributed by atoms with van der Waals surface area (Å²) < 4.78 is 5.23. The molecule has 0 unspecified atom stereocenters. The lowest BCUT2D eigenvalue weighted by Crippen LogP contribution is -2.53. The first-order chi connectivity index (χ1) is 7.58. The van der Waals surface area contributed by atoms with Gasteiger partial charge >= 0.3 is 0 Å². The Morgan fingerprint density at radius 2 is 1.88 bits per heavy atom. The molecular formula is C11H20N2O2S. The fraction of sp³-hybridized carbons (Fsp3) is 0.818. The van der Waals surface area contributed by atoms with Crippen molar-refractivity contribution in [3.8, 4) is 0 Å². The van der Waals surface area contributed by atoms with Gasteiger partial charge in [0.2, 0.25) is 5.91 Å². The third kappa shape index (κ3) is 2.35. The summed E-state index contributed by atoms with van der Waals surface area (Å²) in [4.78, 5) is 14.6. The molecule has 1 fully saturated rings. The Balaban J connectivity index is 2.85. The molecule has 92 valence electrons. The summed E-state index contributed by atoms with van der Waals surface area (Å²) >= 11 is 5.07. The standard InChI is InChI=1S/C11H20N2O2S/c1-3-11(4-2,9(12)16)10(14)13-5-7-15-8-6-13/h3-8H2,1-2H3,(H2,12,16). The van der Waals surface area contributed by atoms with Gasteiger partial charge < -0.3 is 15.4 Å². The first kappa shape index (κ1) is 13.4.